The third kappa shape index (κ3) is 8.80. The van der Waals surface area contributed by atoms with Crippen molar-refractivity contribution in [3.8, 4) is 0 Å². The normalized spacial score (nSPS) is 9.84. The minimum absolute atomic E-state index is 0.00303. The molecule has 0 spiro atoms. The zero-order valence-electron chi connectivity index (χ0n) is 14.4. The molecule has 1 aromatic carbocycles. The van der Waals surface area contributed by atoms with Crippen molar-refractivity contribution < 1.29 is 19.1 Å². The minimum atomic E-state index is -0.419. The van der Waals surface area contributed by atoms with Gasteiger partial charge in [0.25, 0.3) is 0 Å². The van der Waals surface area contributed by atoms with Crippen LogP contribution in [0.5, 0.6) is 0 Å². The fourth-order valence-electron chi connectivity index (χ4n) is 1.89. The number of amides is 2. The molecule has 0 bridgehead atoms. The second kappa shape index (κ2) is 11.1. The van der Waals surface area contributed by atoms with E-state index < -0.39 is 5.97 Å². The highest BCUT2D eigenvalue weighted by Crippen LogP contribution is 2.14. The molecule has 1 rings (SSSR count). The molecule has 7 nitrogen and oxygen atoms in total. The second-order valence-corrected chi connectivity index (χ2v) is 5.59. The van der Waals surface area contributed by atoms with E-state index in [2.05, 4.69) is 16.0 Å². The Morgan fingerprint density at radius 3 is 2.08 bits per heavy atom. The highest BCUT2D eigenvalue weighted by Gasteiger charge is 2.09. The lowest BCUT2D eigenvalue weighted by Crippen LogP contribution is -2.34. The largest absolute Gasteiger partial charge is 0.466 e. The first-order valence-electron chi connectivity index (χ1n) is 8.11. The lowest BCUT2D eigenvalue weighted by molar-refractivity contribution is -0.144. The van der Waals surface area contributed by atoms with Crippen LogP contribution in [0, 0.1) is 0 Å². The molecule has 0 aliphatic heterocycles. The lowest BCUT2D eigenvalue weighted by Gasteiger charge is -2.10. The number of carbonyl (C=O) groups is 3. The fraction of sp³-hybridized carbons (Fsp3) is 0.412. The molecular formula is C17H23N3O4S. The maximum absolute atomic E-state index is 11.7. The minimum Gasteiger partial charge on any atom is -0.466 e. The predicted molar refractivity (Wildman–Crippen MR) is 100 cm³/mol. The summed E-state index contributed by atoms with van der Waals surface area (Å²) in [6, 6.07) is 6.94. The molecule has 0 unspecified atom stereocenters. The number of hydrogen-bond donors (Lipinski definition) is 3. The van der Waals surface area contributed by atoms with E-state index in [-0.39, 0.29) is 36.4 Å². The number of carbonyl (C=O) groups excluding carboxylic acids is 3. The Morgan fingerprint density at radius 2 is 1.52 bits per heavy atom. The van der Waals surface area contributed by atoms with E-state index in [4.69, 9.17) is 17.0 Å². The van der Waals surface area contributed by atoms with Gasteiger partial charge in [-0.05, 0) is 49.8 Å². The van der Waals surface area contributed by atoms with Gasteiger partial charge in [-0.25, -0.2) is 0 Å². The standard InChI is InChI=1S/C17H23N3O4S/c1-3-5-14(21)18-12-6-8-13(9-7-12)19-17(25)20-15(22)10-11-16(23)24-4-2/h6-9H,3-5,10-11H2,1-2H3,(H,18,21)(H2,19,20,22,25). The summed E-state index contributed by atoms with van der Waals surface area (Å²) >= 11 is 5.05. The second-order valence-electron chi connectivity index (χ2n) is 5.18. The summed E-state index contributed by atoms with van der Waals surface area (Å²) in [5, 5.41) is 8.27. The van der Waals surface area contributed by atoms with Crippen LogP contribution in [-0.2, 0) is 19.1 Å². The maximum Gasteiger partial charge on any atom is 0.306 e. The Kier molecular flexibility index (Phi) is 9.16. The van der Waals surface area contributed by atoms with E-state index in [1.807, 2.05) is 6.92 Å². The molecule has 0 aliphatic carbocycles. The van der Waals surface area contributed by atoms with Gasteiger partial charge >= 0.3 is 5.97 Å². The number of benzene rings is 1. The molecule has 8 heteroatoms. The summed E-state index contributed by atoms with van der Waals surface area (Å²) in [7, 11) is 0. The van der Waals surface area contributed by atoms with Crippen LogP contribution < -0.4 is 16.0 Å². The van der Waals surface area contributed by atoms with Crippen LogP contribution in [0.1, 0.15) is 39.5 Å². The van der Waals surface area contributed by atoms with E-state index in [9.17, 15) is 14.4 Å². The first-order valence-corrected chi connectivity index (χ1v) is 8.51. The van der Waals surface area contributed by atoms with Crippen LogP contribution in [0.25, 0.3) is 0 Å². The Bertz CT molecular complexity index is 617. The number of hydrogen-bond acceptors (Lipinski definition) is 5. The van der Waals surface area contributed by atoms with Crippen molar-refractivity contribution in [2.24, 2.45) is 0 Å². The van der Waals surface area contributed by atoms with Crippen molar-refractivity contribution >= 4 is 46.5 Å². The molecule has 0 aliphatic rings. The first kappa shape index (κ1) is 20.6. The van der Waals surface area contributed by atoms with E-state index in [1.54, 1.807) is 31.2 Å². The van der Waals surface area contributed by atoms with E-state index in [0.29, 0.717) is 17.8 Å². The molecule has 0 saturated heterocycles. The first-order chi connectivity index (χ1) is 11.9. The van der Waals surface area contributed by atoms with Gasteiger partial charge in [0.1, 0.15) is 0 Å². The van der Waals surface area contributed by atoms with E-state index >= 15 is 0 Å². The summed E-state index contributed by atoms with van der Waals surface area (Å²) < 4.78 is 4.75. The van der Waals surface area contributed by atoms with Crippen LogP contribution in [0.15, 0.2) is 24.3 Å². The van der Waals surface area contributed by atoms with Crippen molar-refractivity contribution in [2.45, 2.75) is 39.5 Å². The molecule has 0 aromatic heterocycles. The summed E-state index contributed by atoms with van der Waals surface area (Å²) in [5.41, 5.74) is 1.36. The maximum atomic E-state index is 11.7. The molecule has 0 fully saturated rings. The van der Waals surface area contributed by atoms with Gasteiger partial charge in [0.15, 0.2) is 5.11 Å². The molecule has 136 valence electrons. The van der Waals surface area contributed by atoms with Gasteiger partial charge in [0.2, 0.25) is 11.8 Å². The fourth-order valence-corrected chi connectivity index (χ4v) is 2.12. The highest BCUT2D eigenvalue weighted by atomic mass is 32.1. The van der Waals surface area contributed by atoms with Crippen LogP contribution in [0.4, 0.5) is 11.4 Å². The van der Waals surface area contributed by atoms with Gasteiger partial charge < -0.3 is 20.7 Å². The van der Waals surface area contributed by atoms with Crippen molar-refractivity contribution in [1.29, 1.82) is 0 Å². The van der Waals surface area contributed by atoms with Gasteiger partial charge in [-0.2, -0.15) is 0 Å². The van der Waals surface area contributed by atoms with Crippen LogP contribution >= 0.6 is 12.2 Å². The molecular weight excluding hydrogens is 342 g/mol. The van der Waals surface area contributed by atoms with Crippen molar-refractivity contribution in [3.63, 3.8) is 0 Å². The van der Waals surface area contributed by atoms with Crippen molar-refractivity contribution in [2.75, 3.05) is 17.2 Å². The Balaban J connectivity index is 2.40. The molecule has 1 aromatic rings. The SMILES string of the molecule is CCCC(=O)Nc1ccc(NC(=S)NC(=O)CCC(=O)OCC)cc1. The summed E-state index contributed by atoms with van der Waals surface area (Å²) in [4.78, 5) is 34.4. The topological polar surface area (TPSA) is 96.5 Å². The average molecular weight is 365 g/mol. The zero-order chi connectivity index (χ0) is 18.7. The lowest BCUT2D eigenvalue weighted by atomic mass is 10.2. The van der Waals surface area contributed by atoms with Gasteiger partial charge in [0, 0.05) is 24.2 Å². The molecule has 3 N–H and O–H groups in total. The quantitative estimate of drug-likeness (QED) is 0.484. The number of esters is 1. The summed E-state index contributed by atoms with van der Waals surface area (Å²) in [6.07, 6.45) is 1.27. The monoisotopic (exact) mass is 365 g/mol. The number of anilines is 2. The number of ether oxygens (including phenoxy) is 1. The number of rotatable bonds is 8. The molecule has 0 radical (unpaired) electrons. The average Bonchev–Trinajstić information content (AvgIpc) is 2.55. The molecule has 25 heavy (non-hydrogen) atoms. The Labute approximate surface area is 152 Å². The van der Waals surface area contributed by atoms with Crippen LogP contribution in [0.2, 0.25) is 0 Å². The molecule has 0 heterocycles. The third-order valence-corrected chi connectivity index (χ3v) is 3.22. The predicted octanol–water partition coefficient (Wildman–Crippen LogP) is 2.58. The van der Waals surface area contributed by atoms with Crippen LogP contribution in [0.3, 0.4) is 0 Å². The van der Waals surface area contributed by atoms with Gasteiger partial charge in [-0.3, -0.25) is 14.4 Å². The van der Waals surface area contributed by atoms with Crippen molar-refractivity contribution in [1.82, 2.24) is 5.32 Å². The molecule has 2 amide bonds. The summed E-state index contributed by atoms with van der Waals surface area (Å²) in [6.45, 7) is 3.93. The van der Waals surface area contributed by atoms with Gasteiger partial charge in [-0.1, -0.05) is 6.92 Å². The number of nitrogens with one attached hydrogen (secondary N) is 3. The molecule has 0 saturated carbocycles. The van der Waals surface area contributed by atoms with Crippen molar-refractivity contribution in [3.05, 3.63) is 24.3 Å². The third-order valence-electron chi connectivity index (χ3n) is 3.02. The Morgan fingerprint density at radius 1 is 0.920 bits per heavy atom. The Hall–Kier alpha value is -2.48. The highest BCUT2D eigenvalue weighted by molar-refractivity contribution is 7.80. The van der Waals surface area contributed by atoms with E-state index in [0.717, 1.165) is 6.42 Å². The number of thiocarbonyl (C=S) groups is 1. The van der Waals surface area contributed by atoms with Gasteiger partial charge in [0.05, 0.1) is 13.0 Å². The smallest absolute Gasteiger partial charge is 0.306 e. The summed E-state index contributed by atoms with van der Waals surface area (Å²) in [5.74, 6) is -0.821. The van der Waals surface area contributed by atoms with E-state index in [1.165, 1.54) is 0 Å². The molecule has 0 atom stereocenters. The zero-order valence-corrected chi connectivity index (χ0v) is 15.2. The van der Waals surface area contributed by atoms with Crippen LogP contribution in [-0.4, -0.2) is 29.5 Å². The van der Waals surface area contributed by atoms with Gasteiger partial charge in [-0.15, -0.1) is 0 Å².